The molecule has 7 heteroatoms. The summed E-state index contributed by atoms with van der Waals surface area (Å²) < 4.78 is 1.68. The minimum absolute atomic E-state index is 0.252. The van der Waals surface area contributed by atoms with Crippen LogP contribution in [-0.2, 0) is 16.6 Å². The van der Waals surface area contributed by atoms with Crippen LogP contribution in [0.15, 0.2) is 18.2 Å². The molecule has 2 amide bonds. The summed E-state index contributed by atoms with van der Waals surface area (Å²) in [5.74, 6) is -1.03. The molecule has 2 aromatic rings. The largest absolute Gasteiger partial charge is 0.385 e. The quantitative estimate of drug-likeness (QED) is 0.629. The van der Waals surface area contributed by atoms with E-state index in [1.807, 2.05) is 0 Å². The van der Waals surface area contributed by atoms with Crippen molar-refractivity contribution in [2.24, 2.45) is 7.05 Å². The van der Waals surface area contributed by atoms with E-state index in [0.717, 1.165) is 10.9 Å². The van der Waals surface area contributed by atoms with Crippen LogP contribution in [0.25, 0.3) is 15.9 Å². The molecule has 1 fully saturated rings. The molecule has 100 valence electrons. The number of carbonyl (C=O) groups is 2. The van der Waals surface area contributed by atoms with E-state index in [1.54, 1.807) is 29.9 Å². The predicted octanol–water partition coefficient (Wildman–Crippen LogP) is 1.58. The number of aromatic nitrogens is 2. The van der Waals surface area contributed by atoms with Gasteiger partial charge in [0.2, 0.25) is 17.2 Å². The molecule has 1 atom stereocenters. The third-order valence-corrected chi connectivity index (χ3v) is 3.55. The zero-order valence-electron chi connectivity index (χ0n) is 10.8. The minimum Gasteiger partial charge on any atom is -0.296 e. The summed E-state index contributed by atoms with van der Waals surface area (Å²) in [5.41, 5.74) is 1.86. The number of piperidine rings is 1. The molecule has 0 bridgehead atoms. The number of nitrogens with one attached hydrogen (secondary N) is 1. The lowest BCUT2D eigenvalue weighted by Gasteiger charge is -2.19. The van der Waals surface area contributed by atoms with E-state index in [9.17, 15) is 9.59 Å². The molecule has 0 aliphatic carbocycles. The molecular weight excluding hydrogens is 258 g/mol. The van der Waals surface area contributed by atoms with Crippen molar-refractivity contribution in [3.05, 3.63) is 28.9 Å². The van der Waals surface area contributed by atoms with Crippen molar-refractivity contribution in [3.8, 4) is 0 Å². The van der Waals surface area contributed by atoms with Crippen LogP contribution in [0.1, 0.15) is 24.5 Å². The molecule has 1 aromatic carbocycles. The number of hydrogen-bond donors (Lipinski definition) is 1. The van der Waals surface area contributed by atoms with Gasteiger partial charge in [-0.25, -0.2) is 0 Å². The molecule has 0 saturated carbocycles. The highest BCUT2D eigenvalue weighted by Gasteiger charge is 2.32. The Labute approximate surface area is 114 Å². The number of diazo groups is 1. The summed E-state index contributed by atoms with van der Waals surface area (Å²) in [6.45, 7) is 0. The average molecular weight is 270 g/mol. The number of benzene rings is 1. The molecule has 2 heterocycles. The maximum atomic E-state index is 12.0. The predicted molar refractivity (Wildman–Crippen MR) is 70.6 cm³/mol. The van der Waals surface area contributed by atoms with E-state index in [1.165, 1.54) is 0 Å². The summed E-state index contributed by atoms with van der Waals surface area (Å²) in [6.07, 6.45) is 0.746. The molecule has 1 aromatic heterocycles. The second-order valence-corrected chi connectivity index (χ2v) is 4.81. The van der Waals surface area contributed by atoms with Crippen LogP contribution in [0.4, 0.5) is 5.69 Å². The Morgan fingerprint density at radius 2 is 2.25 bits per heavy atom. The fraction of sp³-hybridized carbons (Fsp3) is 0.308. The zero-order valence-corrected chi connectivity index (χ0v) is 10.8. The van der Waals surface area contributed by atoms with Gasteiger partial charge in [-0.3, -0.25) is 19.6 Å². The third-order valence-electron chi connectivity index (χ3n) is 3.55. The van der Waals surface area contributed by atoms with Crippen LogP contribution in [0, 0.1) is 5.39 Å². The van der Waals surface area contributed by atoms with Gasteiger partial charge in [-0.1, -0.05) is 0 Å². The van der Waals surface area contributed by atoms with Gasteiger partial charge in [0.25, 0.3) is 0 Å². The smallest absolute Gasteiger partial charge is 0.296 e. The monoisotopic (exact) mass is 270 g/mol. The lowest BCUT2D eigenvalue weighted by atomic mass is 9.93. The number of hydrogen-bond acceptors (Lipinski definition) is 4. The Morgan fingerprint density at radius 3 is 2.95 bits per heavy atom. The van der Waals surface area contributed by atoms with Crippen molar-refractivity contribution in [1.82, 2.24) is 15.1 Å². The van der Waals surface area contributed by atoms with Crippen LogP contribution in [-0.4, -0.2) is 21.6 Å². The van der Waals surface area contributed by atoms with E-state index < -0.39 is 5.92 Å². The maximum absolute atomic E-state index is 12.0. The van der Waals surface area contributed by atoms with E-state index in [2.05, 4.69) is 15.4 Å². The van der Waals surface area contributed by atoms with E-state index in [0.29, 0.717) is 24.2 Å². The number of rotatable bonds is 1. The van der Waals surface area contributed by atoms with Gasteiger partial charge in [0, 0.05) is 31.0 Å². The molecule has 1 unspecified atom stereocenters. The van der Waals surface area contributed by atoms with Gasteiger partial charge in [0.15, 0.2) is 4.98 Å². The molecule has 0 spiro atoms. The first kappa shape index (κ1) is 12.3. The van der Waals surface area contributed by atoms with Gasteiger partial charge in [0.05, 0.1) is 17.1 Å². The first-order valence-corrected chi connectivity index (χ1v) is 6.25. The first-order chi connectivity index (χ1) is 9.60. The van der Waals surface area contributed by atoms with Gasteiger partial charge in [-0.15, -0.1) is 0 Å². The SMILES string of the molecule is Cn1nc(C2CCC(=O)NC2=O)c2cc([N+]#N)ccc21. The zero-order chi connectivity index (χ0) is 14.3. The van der Waals surface area contributed by atoms with Crippen LogP contribution >= 0.6 is 0 Å². The van der Waals surface area contributed by atoms with Gasteiger partial charge in [-0.2, -0.15) is 5.10 Å². The molecule has 3 rings (SSSR count). The molecular formula is C13H12N5O2+. The molecule has 1 aliphatic heterocycles. The minimum atomic E-state index is -0.453. The summed E-state index contributed by atoms with van der Waals surface area (Å²) in [6, 6.07) is 5.13. The van der Waals surface area contributed by atoms with E-state index in [4.69, 9.17) is 5.39 Å². The molecule has 7 nitrogen and oxygen atoms in total. The molecule has 1 N–H and O–H groups in total. The Hall–Kier alpha value is -2.75. The van der Waals surface area contributed by atoms with Gasteiger partial charge >= 0.3 is 5.69 Å². The van der Waals surface area contributed by atoms with E-state index in [-0.39, 0.29) is 11.8 Å². The van der Waals surface area contributed by atoms with Gasteiger partial charge in [-0.05, 0) is 12.5 Å². The number of aryl methyl sites for hydroxylation is 1. The molecule has 1 aliphatic rings. The highest BCUT2D eigenvalue weighted by molar-refractivity contribution is 6.02. The summed E-state index contributed by atoms with van der Waals surface area (Å²) in [4.78, 5) is 26.3. The number of carbonyl (C=O) groups excluding carboxylic acids is 2. The second-order valence-electron chi connectivity index (χ2n) is 4.81. The first-order valence-electron chi connectivity index (χ1n) is 6.25. The van der Waals surface area contributed by atoms with Gasteiger partial charge < -0.3 is 0 Å². The normalized spacial score (nSPS) is 18.9. The van der Waals surface area contributed by atoms with Gasteiger partial charge in [0.1, 0.15) is 0 Å². The van der Waals surface area contributed by atoms with Crippen LogP contribution in [0.3, 0.4) is 0 Å². The Bertz CT molecular complexity index is 771. The molecule has 1 saturated heterocycles. The average Bonchev–Trinajstić information content (AvgIpc) is 2.75. The number of fused-ring (bicyclic) bond motifs is 1. The standard InChI is InChI=1S/C13H11N5O2/c1-18-10-4-2-7(16-14)6-9(10)12(17-18)8-3-5-11(19)15-13(8)20/h2,4,6,8H,3,5H2,1H3/p+1. The van der Waals surface area contributed by atoms with Crippen LogP contribution in [0.2, 0.25) is 0 Å². The Kier molecular flexibility index (Phi) is 2.71. The maximum Gasteiger partial charge on any atom is 0.385 e. The molecule has 0 radical (unpaired) electrons. The van der Waals surface area contributed by atoms with Crippen molar-refractivity contribution in [2.75, 3.05) is 0 Å². The van der Waals surface area contributed by atoms with Crippen molar-refractivity contribution < 1.29 is 9.59 Å². The van der Waals surface area contributed by atoms with Crippen molar-refractivity contribution in [3.63, 3.8) is 0 Å². The number of imide groups is 1. The fourth-order valence-electron chi connectivity index (χ4n) is 2.55. The lowest BCUT2D eigenvalue weighted by molar-refractivity contribution is -0.134. The molecule has 20 heavy (non-hydrogen) atoms. The topological polar surface area (TPSA) is 92.1 Å². The van der Waals surface area contributed by atoms with Crippen molar-refractivity contribution >= 4 is 28.4 Å². The Balaban J connectivity index is 2.14. The second kappa shape index (κ2) is 4.42. The lowest BCUT2D eigenvalue weighted by Crippen LogP contribution is -2.39. The van der Waals surface area contributed by atoms with Crippen molar-refractivity contribution in [1.29, 1.82) is 5.39 Å². The fourth-order valence-corrected chi connectivity index (χ4v) is 2.55. The summed E-state index contributed by atoms with van der Waals surface area (Å²) in [7, 11) is 1.79. The number of amides is 2. The highest BCUT2D eigenvalue weighted by Crippen LogP contribution is 2.32. The van der Waals surface area contributed by atoms with Crippen LogP contribution < -0.4 is 5.32 Å². The highest BCUT2D eigenvalue weighted by atomic mass is 16.2. The number of nitrogens with zero attached hydrogens (tertiary/aromatic N) is 4. The van der Waals surface area contributed by atoms with Crippen LogP contribution in [0.5, 0.6) is 0 Å². The van der Waals surface area contributed by atoms with Crippen molar-refractivity contribution in [2.45, 2.75) is 18.8 Å². The Morgan fingerprint density at radius 1 is 1.45 bits per heavy atom. The summed E-state index contributed by atoms with van der Waals surface area (Å²) >= 11 is 0. The third kappa shape index (κ3) is 1.82. The van der Waals surface area contributed by atoms with E-state index >= 15 is 0 Å². The summed E-state index contributed by atoms with van der Waals surface area (Å²) in [5, 5.41) is 16.3.